The van der Waals surface area contributed by atoms with Crippen molar-refractivity contribution in [3.63, 3.8) is 0 Å². The van der Waals surface area contributed by atoms with E-state index in [0.717, 1.165) is 68.3 Å². The van der Waals surface area contributed by atoms with Crippen molar-refractivity contribution in [2.24, 2.45) is 5.73 Å². The van der Waals surface area contributed by atoms with E-state index in [1.54, 1.807) is 22.9 Å². The zero-order valence-electron chi connectivity index (χ0n) is 36.0. The van der Waals surface area contributed by atoms with E-state index in [1.165, 1.54) is 21.3 Å². The van der Waals surface area contributed by atoms with Crippen LogP contribution in [0.5, 0.6) is 5.75 Å². The molecule has 0 saturated carbocycles. The van der Waals surface area contributed by atoms with Crippen molar-refractivity contribution in [2.45, 2.75) is 115 Å². The molecule has 5 aromatic rings. The van der Waals surface area contributed by atoms with Crippen molar-refractivity contribution in [3.8, 4) is 28.1 Å². The molecule has 2 fully saturated rings. The number of nitrogens with one attached hydrogen (secondary N) is 3. The first-order valence-corrected chi connectivity index (χ1v) is 21.1. The Balaban J connectivity index is 1.05. The number of carbonyl (C=O) groups excluding carboxylic acids is 4. The van der Waals surface area contributed by atoms with E-state index >= 15 is 0 Å². The Bertz CT molecular complexity index is 2520. The lowest BCUT2D eigenvalue weighted by atomic mass is 9.92. The molecule has 3 aliphatic heterocycles. The van der Waals surface area contributed by atoms with Gasteiger partial charge < -0.3 is 54.5 Å². The molecule has 5 heterocycles. The van der Waals surface area contributed by atoms with Crippen LogP contribution in [0.4, 0.5) is 9.59 Å². The van der Waals surface area contributed by atoms with Crippen molar-refractivity contribution in [1.29, 1.82) is 0 Å². The zero-order valence-corrected chi connectivity index (χ0v) is 36.0. The Morgan fingerprint density at radius 2 is 1.63 bits per heavy atom. The largest absolute Gasteiger partial charge is 0.488 e. The Kier molecular flexibility index (Phi) is 11.8. The highest BCUT2D eigenvalue weighted by atomic mass is 16.6. The molecule has 0 spiro atoms. The molecular weight excluding hydrogens is 797 g/mol. The van der Waals surface area contributed by atoms with Gasteiger partial charge in [-0.05, 0) is 99.2 Å². The molecule has 8 rings (SSSR count). The number of imidazole rings is 2. The number of ether oxygens (including phenoxy) is 5. The molecule has 17 nitrogen and oxygen atoms in total. The standard InChI is InChI=1S/C45H54N8O9/c1-8-35(59-6)39(62-44(46)56)43(55)53-23(3)10-16-34(53)41-48-31-14-12-25-18-30-28-13-11-26(17-27(28)21-61-36(30)19-29(25)38(31)50-41)32-20-47-40(49-32)33-15-9-22(2)52(33)42(54)37(24(4)58-5)51-45(57)60-7/h11-14,17-20,22-24,33-35,37,39H,8-10,15-16,21H2,1-7H3,(H2,46,56)(H,47,49)(H,48,50)(H,51,57)/t22-,23-,24+,33-,34-,35+,37-,39-/m0/s1. The minimum atomic E-state index is -1.18. The van der Waals surface area contributed by atoms with Crippen LogP contribution in [0, 0.1) is 0 Å². The predicted octanol–water partition coefficient (Wildman–Crippen LogP) is 6.42. The molecule has 328 valence electrons. The number of nitrogens with zero attached hydrogens (tertiary/aromatic N) is 4. The van der Waals surface area contributed by atoms with Crippen LogP contribution in [0.2, 0.25) is 0 Å². The third-order valence-electron chi connectivity index (χ3n) is 12.8. The number of fused-ring (bicyclic) bond motifs is 6. The normalized spacial score (nSPS) is 21.5. The zero-order chi connectivity index (χ0) is 44.0. The average molecular weight is 851 g/mol. The highest BCUT2D eigenvalue weighted by molar-refractivity contribution is 6.07. The van der Waals surface area contributed by atoms with Crippen molar-refractivity contribution in [2.75, 3.05) is 21.3 Å². The van der Waals surface area contributed by atoms with Crippen LogP contribution < -0.4 is 15.8 Å². The van der Waals surface area contributed by atoms with Gasteiger partial charge in [0.1, 0.15) is 36.2 Å². The van der Waals surface area contributed by atoms with Gasteiger partial charge in [0.2, 0.25) is 12.0 Å². The van der Waals surface area contributed by atoms with Crippen molar-refractivity contribution >= 4 is 45.8 Å². The first-order chi connectivity index (χ1) is 29.8. The summed E-state index contributed by atoms with van der Waals surface area (Å²) in [6.07, 6.45) is 1.00. The minimum Gasteiger partial charge on any atom is -0.488 e. The van der Waals surface area contributed by atoms with E-state index in [0.29, 0.717) is 37.5 Å². The second-order valence-corrected chi connectivity index (χ2v) is 16.5. The summed E-state index contributed by atoms with van der Waals surface area (Å²) in [6, 6.07) is 12.6. The number of methoxy groups -OCH3 is 3. The molecule has 2 saturated heterocycles. The fourth-order valence-corrected chi connectivity index (χ4v) is 9.46. The minimum absolute atomic E-state index is 0.0771. The first-order valence-electron chi connectivity index (χ1n) is 21.1. The Hall–Kier alpha value is -6.20. The molecular formula is C45H54N8O9. The fourth-order valence-electron chi connectivity index (χ4n) is 9.46. The molecule has 2 aromatic heterocycles. The van der Waals surface area contributed by atoms with Crippen molar-refractivity contribution < 1.29 is 42.9 Å². The van der Waals surface area contributed by atoms with Gasteiger partial charge in [-0.2, -0.15) is 0 Å². The third kappa shape index (κ3) is 7.67. The summed E-state index contributed by atoms with van der Waals surface area (Å²) in [5.74, 6) is 1.42. The second-order valence-electron chi connectivity index (χ2n) is 16.5. The maximum absolute atomic E-state index is 14.0. The van der Waals surface area contributed by atoms with Gasteiger partial charge in [-0.15, -0.1) is 0 Å². The molecule has 0 radical (unpaired) electrons. The molecule has 5 N–H and O–H groups in total. The summed E-state index contributed by atoms with van der Waals surface area (Å²) in [6.45, 7) is 7.92. The first kappa shape index (κ1) is 42.5. The van der Waals surface area contributed by atoms with Crippen molar-refractivity contribution in [3.05, 3.63) is 65.9 Å². The molecule has 8 atom stereocenters. The predicted molar refractivity (Wildman–Crippen MR) is 229 cm³/mol. The van der Waals surface area contributed by atoms with E-state index < -0.39 is 36.5 Å². The van der Waals surface area contributed by atoms with E-state index in [-0.39, 0.29) is 36.0 Å². The number of amides is 4. The van der Waals surface area contributed by atoms with Crippen molar-refractivity contribution in [1.82, 2.24) is 35.1 Å². The van der Waals surface area contributed by atoms with Crippen LogP contribution in [0.3, 0.4) is 0 Å². The number of primary amides is 1. The fraction of sp³-hybridized carbons (Fsp3) is 0.467. The summed E-state index contributed by atoms with van der Waals surface area (Å²) in [4.78, 5) is 72.3. The second kappa shape index (κ2) is 17.3. The van der Waals surface area contributed by atoms with E-state index in [2.05, 4.69) is 45.6 Å². The van der Waals surface area contributed by atoms with E-state index in [4.69, 9.17) is 39.4 Å². The van der Waals surface area contributed by atoms with Crippen LogP contribution in [-0.4, -0.2) is 112 Å². The lowest BCUT2D eigenvalue weighted by Crippen LogP contribution is -2.55. The van der Waals surface area contributed by atoms with Gasteiger partial charge in [0.05, 0.1) is 48.2 Å². The summed E-state index contributed by atoms with van der Waals surface area (Å²) in [5.41, 5.74) is 11.8. The number of aromatic amines is 2. The SMILES string of the molecule is CC[C@@H](OC)[C@H](OC(N)=O)C(=O)N1[C@@H](C)CC[C@H]1c1nc2c(ccc3cc4c(cc32)OCc2cc(-c3cnc([C@@H]5CC[C@H](C)N5C(=O)[C@@H](NC(=O)OC)[C@@H](C)OC)[nH]3)ccc2-4)[nH]1. The summed E-state index contributed by atoms with van der Waals surface area (Å²) in [7, 11) is 4.24. The Morgan fingerprint density at radius 1 is 0.903 bits per heavy atom. The maximum atomic E-state index is 14.0. The number of rotatable bonds is 12. The van der Waals surface area contributed by atoms with Gasteiger partial charge in [-0.25, -0.2) is 19.6 Å². The molecule has 17 heteroatoms. The molecule has 3 aromatic carbocycles. The summed E-state index contributed by atoms with van der Waals surface area (Å²) >= 11 is 0. The quantitative estimate of drug-likeness (QED) is 0.107. The molecule has 62 heavy (non-hydrogen) atoms. The summed E-state index contributed by atoms with van der Waals surface area (Å²) < 4.78 is 27.5. The topological polar surface area (TPSA) is 216 Å². The monoisotopic (exact) mass is 850 g/mol. The van der Waals surface area contributed by atoms with Gasteiger partial charge >= 0.3 is 12.2 Å². The van der Waals surface area contributed by atoms with Crippen LogP contribution >= 0.6 is 0 Å². The van der Waals surface area contributed by atoms with Crippen LogP contribution in [0.25, 0.3) is 44.2 Å². The Morgan fingerprint density at radius 3 is 2.31 bits per heavy atom. The number of benzene rings is 3. The maximum Gasteiger partial charge on any atom is 0.407 e. The van der Waals surface area contributed by atoms with Crippen LogP contribution in [-0.2, 0) is 35.1 Å². The lowest BCUT2D eigenvalue weighted by molar-refractivity contribution is -0.151. The number of carbonyl (C=O) groups is 4. The number of nitrogens with two attached hydrogens (primary N) is 1. The highest BCUT2D eigenvalue weighted by Crippen LogP contribution is 2.44. The molecule has 0 bridgehead atoms. The molecule has 0 unspecified atom stereocenters. The van der Waals surface area contributed by atoms with Gasteiger partial charge in [0.15, 0.2) is 0 Å². The van der Waals surface area contributed by atoms with E-state index in [1.807, 2.05) is 32.9 Å². The van der Waals surface area contributed by atoms with Crippen LogP contribution in [0.1, 0.15) is 89.1 Å². The van der Waals surface area contributed by atoms with Gasteiger partial charge in [0.25, 0.3) is 5.91 Å². The number of hydrogen-bond acceptors (Lipinski definition) is 11. The lowest BCUT2D eigenvalue weighted by Gasteiger charge is -2.33. The molecule has 4 amide bonds. The number of H-pyrrole nitrogens is 2. The number of hydrogen-bond donors (Lipinski definition) is 4. The number of likely N-dealkylation sites (tertiary alicyclic amines) is 2. The van der Waals surface area contributed by atoms with E-state index in [9.17, 15) is 19.2 Å². The third-order valence-corrected chi connectivity index (χ3v) is 12.8. The molecule has 3 aliphatic rings. The summed E-state index contributed by atoms with van der Waals surface area (Å²) in [5, 5.41) is 4.54. The van der Waals surface area contributed by atoms with Crippen LogP contribution in [0.15, 0.2) is 48.7 Å². The average Bonchev–Trinajstić information content (AvgIpc) is 4.09. The Labute approximate surface area is 358 Å². The van der Waals surface area contributed by atoms with Gasteiger partial charge in [-0.1, -0.05) is 25.1 Å². The smallest absolute Gasteiger partial charge is 0.407 e. The van der Waals surface area contributed by atoms with Gasteiger partial charge in [-0.3, -0.25) is 9.59 Å². The number of aromatic nitrogens is 4. The highest BCUT2D eigenvalue weighted by Gasteiger charge is 2.44. The van der Waals surface area contributed by atoms with Gasteiger partial charge in [0, 0.05) is 37.3 Å². The number of alkyl carbamates (subject to hydrolysis) is 1. The molecule has 0 aliphatic carbocycles.